The monoisotopic (exact) mass is 386 g/mol. The summed E-state index contributed by atoms with van der Waals surface area (Å²) in [4.78, 5) is 12.5. The van der Waals surface area contributed by atoms with Crippen molar-refractivity contribution in [1.29, 1.82) is 0 Å². The van der Waals surface area contributed by atoms with E-state index in [9.17, 15) is 13.2 Å². The summed E-state index contributed by atoms with van der Waals surface area (Å²) in [5.41, 5.74) is 0.460. The topological polar surface area (TPSA) is 60.4 Å². The van der Waals surface area contributed by atoms with Gasteiger partial charge in [-0.25, -0.2) is 8.42 Å². The van der Waals surface area contributed by atoms with Crippen molar-refractivity contribution in [3.8, 4) is 0 Å². The van der Waals surface area contributed by atoms with E-state index in [1.807, 2.05) is 51.1 Å². The number of carbonyl (C=O) groups is 1. The molecular weight excluding hydrogens is 360 g/mol. The van der Waals surface area contributed by atoms with Gasteiger partial charge in [0, 0.05) is 5.41 Å². The molecule has 0 heterocycles. The largest absolute Gasteiger partial charge is 0.460 e. The molecular formula is C22H26O4S. The molecule has 0 aliphatic rings. The Morgan fingerprint density at radius 1 is 1.00 bits per heavy atom. The normalized spacial score (nSPS) is 13.4. The Morgan fingerprint density at radius 3 is 2.11 bits per heavy atom. The summed E-state index contributed by atoms with van der Waals surface area (Å²) in [6.07, 6.45) is 2.27. The van der Waals surface area contributed by atoms with Gasteiger partial charge in [-0.05, 0) is 50.8 Å². The van der Waals surface area contributed by atoms with Crippen LogP contribution in [0, 0.1) is 5.92 Å². The van der Waals surface area contributed by atoms with Crippen LogP contribution in [0.3, 0.4) is 0 Å². The highest BCUT2D eigenvalue weighted by molar-refractivity contribution is 7.94. The highest BCUT2D eigenvalue weighted by Crippen LogP contribution is 2.20. The molecule has 0 aromatic heterocycles. The lowest BCUT2D eigenvalue weighted by molar-refractivity contribution is -0.155. The second kappa shape index (κ2) is 9.00. The first kappa shape index (κ1) is 20.9. The van der Waals surface area contributed by atoms with E-state index in [1.54, 1.807) is 36.4 Å². The Morgan fingerprint density at radius 2 is 1.56 bits per heavy atom. The van der Waals surface area contributed by atoms with Gasteiger partial charge in [-0.1, -0.05) is 54.6 Å². The Balaban J connectivity index is 2.19. The Bertz CT molecular complexity index is 864. The van der Waals surface area contributed by atoms with Crippen molar-refractivity contribution in [3.05, 3.63) is 77.7 Å². The highest BCUT2D eigenvalue weighted by Gasteiger charge is 2.20. The first-order valence-corrected chi connectivity index (χ1v) is 10.4. The van der Waals surface area contributed by atoms with Gasteiger partial charge in [0.25, 0.3) is 0 Å². The van der Waals surface area contributed by atoms with E-state index in [-0.39, 0.29) is 23.2 Å². The molecule has 2 aromatic carbocycles. The lowest BCUT2D eigenvalue weighted by Crippen LogP contribution is -2.25. The van der Waals surface area contributed by atoms with Crippen LogP contribution in [0.5, 0.6) is 0 Å². The molecule has 0 saturated carbocycles. The maximum absolute atomic E-state index is 12.5. The smallest absolute Gasteiger partial charge is 0.306 e. The van der Waals surface area contributed by atoms with Crippen LogP contribution in [0.25, 0.3) is 0 Å². The molecule has 5 heteroatoms. The lowest BCUT2D eigenvalue weighted by Gasteiger charge is -2.21. The molecule has 0 bridgehead atoms. The molecule has 2 aromatic rings. The molecule has 0 aliphatic heterocycles. The molecule has 4 nitrogen and oxygen atoms in total. The predicted octanol–water partition coefficient (Wildman–Crippen LogP) is 4.56. The molecule has 0 saturated heterocycles. The first-order chi connectivity index (χ1) is 12.7. The Labute approximate surface area is 161 Å². The van der Waals surface area contributed by atoms with Crippen molar-refractivity contribution in [3.63, 3.8) is 0 Å². The summed E-state index contributed by atoms with van der Waals surface area (Å²) >= 11 is 0. The number of hydrogen-bond acceptors (Lipinski definition) is 4. The van der Waals surface area contributed by atoms with Crippen molar-refractivity contribution < 1.29 is 17.9 Å². The molecule has 0 fully saturated rings. The highest BCUT2D eigenvalue weighted by atomic mass is 32.2. The van der Waals surface area contributed by atoms with Gasteiger partial charge in [0.05, 0.1) is 11.3 Å². The van der Waals surface area contributed by atoms with Crippen LogP contribution in [-0.2, 0) is 25.8 Å². The molecule has 144 valence electrons. The van der Waals surface area contributed by atoms with Crippen molar-refractivity contribution >= 4 is 15.8 Å². The van der Waals surface area contributed by atoms with Gasteiger partial charge in [0.1, 0.15) is 5.60 Å². The molecule has 0 aliphatic carbocycles. The van der Waals surface area contributed by atoms with E-state index in [1.165, 1.54) is 5.41 Å². The standard InChI is InChI=1S/C22H26O4S/c1-22(2,3)26-21(23)17-19(16-18-10-6-4-7-11-18)14-15-27(24,25)20-12-8-5-9-13-20/h4-15,19H,16-17H2,1-3H3/b15-14+/t19-/m1/s1. The van der Waals surface area contributed by atoms with Crippen LogP contribution < -0.4 is 0 Å². The fourth-order valence-electron chi connectivity index (χ4n) is 2.63. The van der Waals surface area contributed by atoms with Gasteiger partial charge >= 0.3 is 5.97 Å². The molecule has 0 unspecified atom stereocenters. The number of benzene rings is 2. The summed E-state index contributed by atoms with van der Waals surface area (Å²) < 4.78 is 30.4. The number of allylic oxidation sites excluding steroid dienone is 1. The fourth-order valence-corrected chi connectivity index (χ4v) is 3.75. The van der Waals surface area contributed by atoms with E-state index >= 15 is 0 Å². The average molecular weight is 387 g/mol. The molecule has 2 rings (SSSR count). The molecule has 0 amide bonds. The Hall–Kier alpha value is -2.40. The van der Waals surface area contributed by atoms with Gasteiger partial charge in [-0.3, -0.25) is 4.79 Å². The maximum Gasteiger partial charge on any atom is 0.306 e. The number of rotatable bonds is 7. The zero-order chi connectivity index (χ0) is 19.9. The third kappa shape index (κ3) is 7.39. The van der Waals surface area contributed by atoms with Crippen LogP contribution in [0.4, 0.5) is 0 Å². The number of carbonyl (C=O) groups excluding carboxylic acids is 1. The predicted molar refractivity (Wildman–Crippen MR) is 107 cm³/mol. The molecule has 1 atom stereocenters. The summed E-state index contributed by atoms with van der Waals surface area (Å²) in [5.74, 6) is -0.620. The van der Waals surface area contributed by atoms with Crippen LogP contribution in [-0.4, -0.2) is 20.0 Å². The summed E-state index contributed by atoms with van der Waals surface area (Å²) in [7, 11) is -3.55. The van der Waals surface area contributed by atoms with E-state index in [4.69, 9.17) is 4.74 Å². The van der Waals surface area contributed by atoms with Crippen molar-refractivity contribution in [2.45, 2.75) is 44.1 Å². The van der Waals surface area contributed by atoms with Crippen molar-refractivity contribution in [2.24, 2.45) is 5.92 Å². The second-order valence-corrected chi connectivity index (χ2v) is 9.26. The van der Waals surface area contributed by atoms with Gasteiger partial charge in [-0.2, -0.15) is 0 Å². The van der Waals surface area contributed by atoms with E-state index in [0.29, 0.717) is 6.42 Å². The number of hydrogen-bond donors (Lipinski definition) is 0. The minimum absolute atomic E-state index is 0.118. The van der Waals surface area contributed by atoms with E-state index in [0.717, 1.165) is 5.56 Å². The minimum Gasteiger partial charge on any atom is -0.460 e. The zero-order valence-electron chi connectivity index (χ0n) is 16.0. The first-order valence-electron chi connectivity index (χ1n) is 8.90. The average Bonchev–Trinajstić information content (AvgIpc) is 2.60. The van der Waals surface area contributed by atoms with Crippen molar-refractivity contribution in [1.82, 2.24) is 0 Å². The van der Waals surface area contributed by atoms with Crippen LogP contribution in [0.1, 0.15) is 32.8 Å². The lowest BCUT2D eigenvalue weighted by atomic mass is 9.96. The summed E-state index contributed by atoms with van der Waals surface area (Å²) in [5, 5.41) is 1.19. The van der Waals surface area contributed by atoms with Crippen LogP contribution >= 0.6 is 0 Å². The molecule has 0 spiro atoms. The molecule has 27 heavy (non-hydrogen) atoms. The second-order valence-electron chi connectivity index (χ2n) is 7.43. The van der Waals surface area contributed by atoms with Gasteiger partial charge in [0.2, 0.25) is 0 Å². The summed E-state index contributed by atoms with van der Waals surface area (Å²) in [6.45, 7) is 5.44. The summed E-state index contributed by atoms with van der Waals surface area (Å²) in [6, 6.07) is 17.9. The zero-order valence-corrected chi connectivity index (χ0v) is 16.8. The van der Waals surface area contributed by atoms with Crippen LogP contribution in [0.2, 0.25) is 0 Å². The number of sulfone groups is 1. The number of ether oxygens (including phenoxy) is 1. The van der Waals surface area contributed by atoms with E-state index < -0.39 is 15.4 Å². The number of esters is 1. The van der Waals surface area contributed by atoms with Gasteiger partial charge < -0.3 is 4.74 Å². The van der Waals surface area contributed by atoms with Crippen molar-refractivity contribution in [2.75, 3.05) is 0 Å². The third-order valence-corrected chi connectivity index (χ3v) is 5.24. The van der Waals surface area contributed by atoms with Gasteiger partial charge in [-0.15, -0.1) is 0 Å². The van der Waals surface area contributed by atoms with E-state index in [2.05, 4.69) is 0 Å². The van der Waals surface area contributed by atoms with Gasteiger partial charge in [0.15, 0.2) is 9.84 Å². The maximum atomic E-state index is 12.5. The molecule has 0 N–H and O–H groups in total. The molecule has 0 radical (unpaired) electrons. The minimum atomic E-state index is -3.55. The SMILES string of the molecule is CC(C)(C)OC(=O)C[C@H](/C=C/S(=O)(=O)c1ccccc1)Cc1ccccc1. The quantitative estimate of drug-likeness (QED) is 0.654. The Kier molecular flexibility index (Phi) is 6.97. The third-order valence-electron chi connectivity index (χ3n) is 3.79. The van der Waals surface area contributed by atoms with Crippen LogP contribution in [0.15, 0.2) is 77.0 Å². The fraction of sp³-hybridized carbons (Fsp3) is 0.318.